The van der Waals surface area contributed by atoms with E-state index < -0.39 is 0 Å². The first-order valence-corrected chi connectivity index (χ1v) is 8.96. The number of halogens is 1. The van der Waals surface area contributed by atoms with Crippen LogP contribution in [0.15, 0.2) is 42.6 Å². The Kier molecular flexibility index (Phi) is 4.67. The lowest BCUT2D eigenvalue weighted by Crippen LogP contribution is -2.20. The van der Waals surface area contributed by atoms with E-state index in [2.05, 4.69) is 21.4 Å². The van der Waals surface area contributed by atoms with Crippen molar-refractivity contribution in [1.82, 2.24) is 9.97 Å². The maximum Gasteiger partial charge on any atom is 0.167 e. The molecule has 134 valence electrons. The maximum atomic E-state index is 14.6. The molecule has 5 nitrogen and oxygen atoms in total. The van der Waals surface area contributed by atoms with Crippen molar-refractivity contribution >= 4 is 22.5 Å². The van der Waals surface area contributed by atoms with Crippen molar-refractivity contribution < 1.29 is 4.39 Å². The molecule has 3 aromatic rings. The molecular formula is C20H22FN5. The quantitative estimate of drug-likeness (QED) is 0.737. The maximum absolute atomic E-state index is 14.6. The number of nitrogens with two attached hydrogens (primary N) is 1. The lowest BCUT2D eigenvalue weighted by Gasteiger charge is -2.18. The molecule has 1 aromatic carbocycles. The van der Waals surface area contributed by atoms with Crippen molar-refractivity contribution in [2.24, 2.45) is 5.73 Å². The number of hydrogen-bond donors (Lipinski definition) is 2. The summed E-state index contributed by atoms with van der Waals surface area (Å²) in [4.78, 5) is 10.8. The minimum Gasteiger partial charge on any atom is -0.380 e. The average Bonchev–Trinajstić information content (AvgIpc) is 3.20. The number of benzene rings is 1. The zero-order valence-corrected chi connectivity index (χ0v) is 14.6. The smallest absolute Gasteiger partial charge is 0.167 e. The van der Waals surface area contributed by atoms with Crippen molar-refractivity contribution in [2.75, 3.05) is 23.3 Å². The molecule has 0 saturated carbocycles. The number of anilines is 2. The summed E-state index contributed by atoms with van der Waals surface area (Å²) in [7, 11) is 0. The molecule has 6 heteroatoms. The number of rotatable bonds is 5. The highest BCUT2D eigenvalue weighted by molar-refractivity contribution is 5.89. The van der Waals surface area contributed by atoms with E-state index in [9.17, 15) is 4.39 Å². The van der Waals surface area contributed by atoms with Gasteiger partial charge in [-0.2, -0.15) is 0 Å². The molecule has 0 unspecified atom stereocenters. The molecule has 0 radical (unpaired) electrons. The summed E-state index contributed by atoms with van der Waals surface area (Å²) in [6.07, 6.45) is 3.87. The van der Waals surface area contributed by atoms with Gasteiger partial charge < -0.3 is 16.0 Å². The van der Waals surface area contributed by atoms with Crippen LogP contribution >= 0.6 is 0 Å². The third-order valence-corrected chi connectivity index (χ3v) is 4.78. The molecule has 1 aliphatic heterocycles. The van der Waals surface area contributed by atoms with Crippen LogP contribution in [-0.2, 0) is 13.1 Å². The lowest BCUT2D eigenvalue weighted by molar-refractivity contribution is 0.618. The molecule has 1 aliphatic rings. The van der Waals surface area contributed by atoms with E-state index in [0.29, 0.717) is 29.9 Å². The molecule has 2 aromatic heterocycles. The van der Waals surface area contributed by atoms with E-state index >= 15 is 0 Å². The third kappa shape index (κ3) is 3.32. The highest BCUT2D eigenvalue weighted by Gasteiger charge is 2.19. The molecule has 4 rings (SSSR count). The minimum atomic E-state index is -0.291. The van der Waals surface area contributed by atoms with Gasteiger partial charge in [-0.1, -0.05) is 24.3 Å². The fourth-order valence-electron chi connectivity index (χ4n) is 3.41. The monoisotopic (exact) mass is 351 g/mol. The van der Waals surface area contributed by atoms with Gasteiger partial charge in [-0.05, 0) is 36.1 Å². The number of pyridine rings is 2. The molecular weight excluding hydrogens is 329 g/mol. The molecule has 0 atom stereocenters. The van der Waals surface area contributed by atoms with Crippen LogP contribution in [-0.4, -0.2) is 23.1 Å². The van der Waals surface area contributed by atoms with Gasteiger partial charge in [0, 0.05) is 43.4 Å². The standard InChI is InChI=1S/C20H22FN5/c21-17-11-16-18(24-13-15-5-3-4-14(10-15)12-22)6-7-23-19(16)25-20(17)26-8-1-2-9-26/h3-7,10-11H,1-2,8-9,12-13,22H2,(H,23,24,25). The Morgan fingerprint density at radius 3 is 2.73 bits per heavy atom. The Hall–Kier alpha value is -2.73. The third-order valence-electron chi connectivity index (χ3n) is 4.78. The average molecular weight is 351 g/mol. The van der Waals surface area contributed by atoms with Crippen LogP contribution in [0.4, 0.5) is 15.9 Å². The first-order chi connectivity index (χ1) is 12.7. The van der Waals surface area contributed by atoms with Crippen molar-refractivity contribution in [1.29, 1.82) is 0 Å². The van der Waals surface area contributed by atoms with E-state index in [1.807, 2.05) is 29.2 Å². The fraction of sp³-hybridized carbons (Fsp3) is 0.300. The van der Waals surface area contributed by atoms with Crippen molar-refractivity contribution in [2.45, 2.75) is 25.9 Å². The predicted octanol–water partition coefficient (Wildman–Crippen LogP) is 3.44. The number of nitrogens with zero attached hydrogens (tertiary/aromatic N) is 3. The van der Waals surface area contributed by atoms with Crippen LogP contribution in [0, 0.1) is 5.82 Å². The largest absolute Gasteiger partial charge is 0.380 e. The zero-order chi connectivity index (χ0) is 17.9. The topological polar surface area (TPSA) is 67.1 Å². The van der Waals surface area contributed by atoms with E-state index in [4.69, 9.17) is 5.73 Å². The molecule has 0 bridgehead atoms. The van der Waals surface area contributed by atoms with Crippen molar-refractivity contribution in [3.63, 3.8) is 0 Å². The van der Waals surface area contributed by atoms with E-state index in [1.165, 1.54) is 0 Å². The van der Waals surface area contributed by atoms with Gasteiger partial charge in [-0.25, -0.2) is 14.4 Å². The summed E-state index contributed by atoms with van der Waals surface area (Å²) in [5.41, 5.74) is 9.31. The van der Waals surface area contributed by atoms with Gasteiger partial charge in [0.1, 0.15) is 0 Å². The molecule has 0 aliphatic carbocycles. The molecule has 3 N–H and O–H groups in total. The summed E-state index contributed by atoms with van der Waals surface area (Å²) in [5.74, 6) is 0.121. The number of hydrogen-bond acceptors (Lipinski definition) is 5. The van der Waals surface area contributed by atoms with Crippen LogP contribution in [0.1, 0.15) is 24.0 Å². The number of nitrogens with one attached hydrogen (secondary N) is 1. The van der Waals surface area contributed by atoms with Gasteiger partial charge in [0.15, 0.2) is 17.3 Å². The molecule has 1 saturated heterocycles. The summed E-state index contributed by atoms with van der Waals surface area (Å²) < 4.78 is 14.6. The van der Waals surface area contributed by atoms with Gasteiger partial charge in [0.25, 0.3) is 0 Å². The molecule has 26 heavy (non-hydrogen) atoms. The second-order valence-corrected chi connectivity index (χ2v) is 6.60. The Bertz CT molecular complexity index is 921. The van der Waals surface area contributed by atoms with Crippen molar-refractivity contribution in [3.05, 3.63) is 59.5 Å². The first kappa shape index (κ1) is 16.7. The van der Waals surface area contributed by atoms with Crippen LogP contribution in [0.5, 0.6) is 0 Å². The Morgan fingerprint density at radius 1 is 1.12 bits per heavy atom. The van der Waals surface area contributed by atoms with Gasteiger partial charge >= 0.3 is 0 Å². The van der Waals surface area contributed by atoms with Gasteiger partial charge in [-0.3, -0.25) is 0 Å². The van der Waals surface area contributed by atoms with Crippen LogP contribution in [0.3, 0.4) is 0 Å². The summed E-state index contributed by atoms with van der Waals surface area (Å²) in [6.45, 7) is 2.85. The van der Waals surface area contributed by atoms with Gasteiger partial charge in [0.05, 0.1) is 0 Å². The first-order valence-electron chi connectivity index (χ1n) is 8.96. The second-order valence-electron chi connectivity index (χ2n) is 6.60. The summed E-state index contributed by atoms with van der Waals surface area (Å²) >= 11 is 0. The lowest BCUT2D eigenvalue weighted by atomic mass is 10.1. The zero-order valence-electron chi connectivity index (χ0n) is 14.6. The van der Waals surface area contributed by atoms with Crippen molar-refractivity contribution in [3.8, 4) is 0 Å². The predicted molar refractivity (Wildman–Crippen MR) is 103 cm³/mol. The second kappa shape index (κ2) is 7.25. The normalized spacial score (nSPS) is 14.2. The Labute approximate surface area is 152 Å². The minimum absolute atomic E-state index is 0.291. The van der Waals surface area contributed by atoms with Gasteiger partial charge in [-0.15, -0.1) is 0 Å². The number of aromatic nitrogens is 2. The molecule has 0 amide bonds. The van der Waals surface area contributed by atoms with Crippen LogP contribution in [0.2, 0.25) is 0 Å². The summed E-state index contributed by atoms with van der Waals surface area (Å²) in [5, 5.41) is 4.07. The fourth-order valence-corrected chi connectivity index (χ4v) is 3.41. The van der Waals surface area contributed by atoms with E-state index in [0.717, 1.165) is 42.7 Å². The van der Waals surface area contributed by atoms with E-state index in [-0.39, 0.29) is 5.82 Å². The highest BCUT2D eigenvalue weighted by atomic mass is 19.1. The molecule has 3 heterocycles. The Balaban J connectivity index is 1.61. The number of fused-ring (bicyclic) bond motifs is 1. The van der Waals surface area contributed by atoms with Gasteiger partial charge in [0.2, 0.25) is 0 Å². The summed E-state index contributed by atoms with van der Waals surface area (Å²) in [6, 6.07) is 11.5. The van der Waals surface area contributed by atoms with Crippen LogP contribution < -0.4 is 16.0 Å². The molecule has 1 fully saturated rings. The highest BCUT2D eigenvalue weighted by Crippen LogP contribution is 2.28. The SMILES string of the molecule is NCc1cccc(CNc2ccnc3nc(N4CCCC4)c(F)cc23)c1. The molecule has 0 spiro atoms. The van der Waals surface area contributed by atoms with Crippen LogP contribution in [0.25, 0.3) is 11.0 Å². The van der Waals surface area contributed by atoms with E-state index in [1.54, 1.807) is 12.3 Å². The Morgan fingerprint density at radius 2 is 1.92 bits per heavy atom.